The van der Waals surface area contributed by atoms with Crippen molar-refractivity contribution in [2.45, 2.75) is 18.8 Å². The van der Waals surface area contributed by atoms with Gasteiger partial charge in [-0.25, -0.2) is 0 Å². The Balaban J connectivity index is 2.00. The fourth-order valence-electron chi connectivity index (χ4n) is 2.28. The molecule has 2 rings (SSSR count). The van der Waals surface area contributed by atoms with E-state index in [1.165, 1.54) is 31.5 Å². The van der Waals surface area contributed by atoms with Gasteiger partial charge >= 0.3 is 0 Å². The average Bonchev–Trinajstić information content (AvgIpc) is 2.80. The number of aliphatic hydroxyl groups is 1. The molecule has 0 spiro atoms. The van der Waals surface area contributed by atoms with Crippen molar-refractivity contribution >= 4 is 11.6 Å². The molecule has 0 saturated carbocycles. The van der Waals surface area contributed by atoms with Crippen molar-refractivity contribution in [1.82, 2.24) is 4.90 Å². The summed E-state index contributed by atoms with van der Waals surface area (Å²) in [5, 5.41) is 10.2. The van der Waals surface area contributed by atoms with Crippen LogP contribution in [0.3, 0.4) is 0 Å². The summed E-state index contributed by atoms with van der Waals surface area (Å²) in [5.41, 5.74) is 1.18. The van der Waals surface area contributed by atoms with Gasteiger partial charge in [-0.1, -0.05) is 23.7 Å². The van der Waals surface area contributed by atoms with Gasteiger partial charge in [-0.2, -0.15) is 0 Å². The van der Waals surface area contributed by atoms with Crippen LogP contribution in [-0.4, -0.2) is 36.2 Å². The summed E-state index contributed by atoms with van der Waals surface area (Å²) in [7, 11) is 0. The fourth-order valence-corrected chi connectivity index (χ4v) is 2.41. The molecule has 1 N–H and O–H groups in total. The van der Waals surface area contributed by atoms with Crippen LogP contribution in [0.1, 0.15) is 24.3 Å². The molecule has 0 radical (unpaired) electrons. The van der Waals surface area contributed by atoms with Crippen molar-refractivity contribution in [2.24, 2.45) is 0 Å². The second kappa shape index (κ2) is 5.67. The van der Waals surface area contributed by atoms with Gasteiger partial charge in [-0.05, 0) is 43.6 Å². The van der Waals surface area contributed by atoms with Crippen LogP contribution in [0.15, 0.2) is 24.3 Å². The van der Waals surface area contributed by atoms with E-state index in [1.54, 1.807) is 0 Å². The molecule has 1 aliphatic rings. The lowest BCUT2D eigenvalue weighted by Crippen LogP contribution is -2.27. The second-order valence-electron chi connectivity index (χ2n) is 4.44. The molecule has 1 aliphatic heterocycles. The third-order valence-corrected chi connectivity index (χ3v) is 3.49. The molecule has 0 aliphatic carbocycles. The Labute approximate surface area is 102 Å². The van der Waals surface area contributed by atoms with Crippen LogP contribution in [0, 0.1) is 0 Å². The normalized spacial score (nSPS) is 18.9. The van der Waals surface area contributed by atoms with E-state index in [9.17, 15) is 5.11 Å². The van der Waals surface area contributed by atoms with Gasteiger partial charge in [0, 0.05) is 17.5 Å². The second-order valence-corrected chi connectivity index (χ2v) is 4.88. The van der Waals surface area contributed by atoms with Crippen LogP contribution < -0.4 is 0 Å². The number of hydrogen-bond donors (Lipinski definition) is 1. The van der Waals surface area contributed by atoms with Gasteiger partial charge in [0.15, 0.2) is 0 Å². The number of hydrogen-bond acceptors (Lipinski definition) is 2. The maximum atomic E-state index is 9.45. The quantitative estimate of drug-likeness (QED) is 0.873. The lowest BCUT2D eigenvalue weighted by atomic mass is 9.99. The monoisotopic (exact) mass is 239 g/mol. The minimum Gasteiger partial charge on any atom is -0.396 e. The van der Waals surface area contributed by atoms with E-state index < -0.39 is 0 Å². The fraction of sp³-hybridized carbons (Fsp3) is 0.538. The largest absolute Gasteiger partial charge is 0.396 e. The number of benzene rings is 1. The Hall–Kier alpha value is -0.570. The maximum absolute atomic E-state index is 9.45. The predicted molar refractivity (Wildman–Crippen MR) is 67.0 cm³/mol. The van der Waals surface area contributed by atoms with Crippen molar-refractivity contribution in [3.8, 4) is 0 Å². The molecule has 1 atom stereocenters. The van der Waals surface area contributed by atoms with E-state index in [0.29, 0.717) is 0 Å². The number of aliphatic hydroxyl groups excluding tert-OH is 1. The lowest BCUT2D eigenvalue weighted by Gasteiger charge is -2.22. The van der Waals surface area contributed by atoms with Crippen LogP contribution in [0.5, 0.6) is 0 Å². The van der Waals surface area contributed by atoms with E-state index in [2.05, 4.69) is 4.90 Å². The van der Waals surface area contributed by atoms with Crippen molar-refractivity contribution in [3.63, 3.8) is 0 Å². The summed E-state index contributed by atoms with van der Waals surface area (Å²) in [5.74, 6) is 0.218. The Morgan fingerprint density at radius 3 is 2.38 bits per heavy atom. The Morgan fingerprint density at radius 2 is 1.81 bits per heavy atom. The molecule has 1 heterocycles. The molecule has 88 valence electrons. The average molecular weight is 240 g/mol. The van der Waals surface area contributed by atoms with Crippen molar-refractivity contribution in [3.05, 3.63) is 34.9 Å². The standard InChI is InChI=1S/C13H18ClNO/c14-13-5-3-11(4-6-13)12(10-16)9-15-7-1-2-8-15/h3-6,12,16H,1-2,7-10H2. The van der Waals surface area contributed by atoms with Gasteiger partial charge in [0.25, 0.3) is 0 Å². The van der Waals surface area contributed by atoms with Crippen LogP contribution in [0.2, 0.25) is 5.02 Å². The van der Waals surface area contributed by atoms with E-state index in [4.69, 9.17) is 11.6 Å². The predicted octanol–water partition coefficient (Wildman–Crippen LogP) is 2.51. The third kappa shape index (κ3) is 2.97. The molecule has 1 aromatic carbocycles. The summed E-state index contributed by atoms with van der Waals surface area (Å²) in [6.45, 7) is 3.50. The van der Waals surface area contributed by atoms with Gasteiger partial charge in [-0.15, -0.1) is 0 Å². The molecule has 0 bridgehead atoms. The molecule has 2 nitrogen and oxygen atoms in total. The summed E-state index contributed by atoms with van der Waals surface area (Å²) in [4.78, 5) is 2.43. The molecule has 16 heavy (non-hydrogen) atoms. The van der Waals surface area contributed by atoms with Gasteiger partial charge < -0.3 is 10.0 Å². The molecule has 1 unspecified atom stereocenters. The zero-order valence-corrected chi connectivity index (χ0v) is 10.2. The molecule has 3 heteroatoms. The van der Waals surface area contributed by atoms with E-state index in [1.807, 2.05) is 24.3 Å². The first-order valence-electron chi connectivity index (χ1n) is 5.88. The highest BCUT2D eigenvalue weighted by Gasteiger charge is 2.18. The minimum atomic E-state index is 0.206. The number of halogens is 1. The zero-order valence-electron chi connectivity index (χ0n) is 9.40. The van der Waals surface area contributed by atoms with Crippen LogP contribution in [-0.2, 0) is 0 Å². The number of rotatable bonds is 4. The van der Waals surface area contributed by atoms with Gasteiger partial charge in [0.05, 0.1) is 6.61 Å². The lowest BCUT2D eigenvalue weighted by molar-refractivity contribution is 0.220. The van der Waals surface area contributed by atoms with Crippen LogP contribution >= 0.6 is 11.6 Å². The van der Waals surface area contributed by atoms with Crippen LogP contribution in [0.25, 0.3) is 0 Å². The van der Waals surface area contributed by atoms with E-state index in [0.717, 1.165) is 11.6 Å². The van der Waals surface area contributed by atoms with Crippen molar-refractivity contribution in [2.75, 3.05) is 26.2 Å². The molecule has 0 aromatic heterocycles. The highest BCUT2D eigenvalue weighted by molar-refractivity contribution is 6.30. The number of likely N-dealkylation sites (tertiary alicyclic amines) is 1. The van der Waals surface area contributed by atoms with Gasteiger partial charge in [0.2, 0.25) is 0 Å². The third-order valence-electron chi connectivity index (χ3n) is 3.24. The molecular weight excluding hydrogens is 222 g/mol. The molecule has 1 aromatic rings. The Bertz CT molecular complexity index is 319. The molecule has 1 fully saturated rings. The minimum absolute atomic E-state index is 0.206. The first kappa shape index (κ1) is 11.9. The van der Waals surface area contributed by atoms with Crippen LogP contribution in [0.4, 0.5) is 0 Å². The van der Waals surface area contributed by atoms with Crippen molar-refractivity contribution in [1.29, 1.82) is 0 Å². The molecular formula is C13H18ClNO. The summed E-state index contributed by atoms with van der Waals surface area (Å²) in [6, 6.07) is 7.81. The Morgan fingerprint density at radius 1 is 1.19 bits per heavy atom. The molecule has 1 saturated heterocycles. The van der Waals surface area contributed by atoms with E-state index in [-0.39, 0.29) is 12.5 Å². The van der Waals surface area contributed by atoms with E-state index >= 15 is 0 Å². The first-order chi connectivity index (χ1) is 7.79. The Kier molecular flexibility index (Phi) is 4.22. The maximum Gasteiger partial charge on any atom is 0.0512 e. The topological polar surface area (TPSA) is 23.5 Å². The van der Waals surface area contributed by atoms with Crippen molar-refractivity contribution < 1.29 is 5.11 Å². The first-order valence-corrected chi connectivity index (χ1v) is 6.26. The number of nitrogens with zero attached hydrogens (tertiary/aromatic N) is 1. The SMILES string of the molecule is OCC(CN1CCCC1)c1ccc(Cl)cc1. The highest BCUT2D eigenvalue weighted by Crippen LogP contribution is 2.21. The summed E-state index contributed by atoms with van der Waals surface area (Å²) >= 11 is 5.86. The summed E-state index contributed by atoms with van der Waals surface area (Å²) < 4.78 is 0. The highest BCUT2D eigenvalue weighted by atomic mass is 35.5. The summed E-state index contributed by atoms with van der Waals surface area (Å²) in [6.07, 6.45) is 2.58. The zero-order chi connectivity index (χ0) is 11.4. The van der Waals surface area contributed by atoms with Gasteiger partial charge in [-0.3, -0.25) is 0 Å². The smallest absolute Gasteiger partial charge is 0.0512 e. The molecule has 0 amide bonds. The van der Waals surface area contributed by atoms with Gasteiger partial charge in [0.1, 0.15) is 0 Å².